The van der Waals surface area contributed by atoms with Crippen LogP contribution in [0.4, 0.5) is 0 Å². The summed E-state index contributed by atoms with van der Waals surface area (Å²) in [6.45, 7) is -0.689. The molecule has 1 amide bonds. The van der Waals surface area contributed by atoms with Crippen molar-refractivity contribution in [1.82, 2.24) is 4.34 Å². The second kappa shape index (κ2) is 3.36. The zero-order valence-electron chi connectivity index (χ0n) is 3.76. The highest BCUT2D eigenvalue weighted by Gasteiger charge is 2.04. The van der Waals surface area contributed by atoms with E-state index in [9.17, 15) is 14.9 Å². The average Bonchev–Trinajstić information content (AvgIpc) is 1.65. The maximum Gasteiger partial charge on any atom is 0.301 e. The molecule has 0 saturated carbocycles. The fourth-order valence-electron chi connectivity index (χ4n) is 0.147. The zero-order chi connectivity index (χ0) is 6.57. The van der Waals surface area contributed by atoms with Gasteiger partial charge in [-0.3, -0.25) is 19.3 Å². The van der Waals surface area contributed by atoms with Crippen molar-refractivity contribution in [3.05, 3.63) is 10.1 Å². The maximum absolute atomic E-state index is 10.0. The van der Waals surface area contributed by atoms with Gasteiger partial charge in [0.15, 0.2) is 0 Å². The highest BCUT2D eigenvalue weighted by Crippen LogP contribution is 1.72. The van der Waals surface area contributed by atoms with Gasteiger partial charge in [-0.1, -0.05) is 0 Å². The molecule has 5 nitrogen and oxygen atoms in total. The Morgan fingerprint density at radius 3 is 2.50 bits per heavy atom. The maximum atomic E-state index is 10.0. The summed E-state index contributed by atoms with van der Waals surface area (Å²) in [5.74, 6) is -0.657. The molecule has 0 fully saturated rings. The van der Waals surface area contributed by atoms with Crippen LogP contribution in [0, 0.1) is 10.1 Å². The quantitative estimate of drug-likeness (QED) is 0.362. The second-order valence-electron chi connectivity index (χ2n) is 1.01. The van der Waals surface area contributed by atoms with Gasteiger partial charge in [0.25, 0.3) is 6.54 Å². The van der Waals surface area contributed by atoms with Crippen LogP contribution >= 0.6 is 16.1 Å². The lowest BCUT2D eigenvalue weighted by Crippen LogP contribution is -2.21. The predicted molar refractivity (Wildman–Crippen MR) is 28.9 cm³/mol. The first kappa shape index (κ1) is 7.35. The SMILES string of the molecule is O=C(C[N+](=O)[O-])NBr. The first-order chi connectivity index (χ1) is 3.66. The molecule has 0 radical (unpaired) electrons. The van der Waals surface area contributed by atoms with E-state index in [0.717, 1.165) is 0 Å². The molecule has 0 aromatic carbocycles. The number of carbonyl (C=O) groups excluding carboxylic acids is 1. The molecule has 1 N–H and O–H groups in total. The molecule has 0 spiro atoms. The Morgan fingerprint density at radius 2 is 2.38 bits per heavy atom. The summed E-state index contributed by atoms with van der Waals surface area (Å²) < 4.78 is 1.93. The number of amides is 1. The number of nitrogens with one attached hydrogen (secondary N) is 1. The molecule has 0 atom stereocenters. The van der Waals surface area contributed by atoms with Gasteiger partial charge in [-0.05, 0) is 0 Å². The molecule has 0 unspecified atom stereocenters. The monoisotopic (exact) mass is 182 g/mol. The Hall–Kier alpha value is -0.650. The Kier molecular flexibility index (Phi) is 3.09. The van der Waals surface area contributed by atoms with E-state index in [2.05, 4.69) is 16.1 Å². The first-order valence-electron chi connectivity index (χ1n) is 1.68. The number of carbonyl (C=O) groups is 1. The highest BCUT2D eigenvalue weighted by molar-refractivity contribution is 9.08. The lowest BCUT2D eigenvalue weighted by Gasteiger charge is -1.86. The van der Waals surface area contributed by atoms with Gasteiger partial charge in [0.2, 0.25) is 0 Å². The third-order valence-electron chi connectivity index (χ3n) is 0.378. The molecule has 46 valence electrons. The second-order valence-corrected chi connectivity index (χ2v) is 1.41. The summed E-state index contributed by atoms with van der Waals surface area (Å²) in [7, 11) is 0. The summed E-state index contributed by atoms with van der Waals surface area (Å²) in [6, 6.07) is 0. The fraction of sp³-hybridized carbons (Fsp3) is 0.500. The molecule has 6 heteroatoms. The third kappa shape index (κ3) is 3.54. The first-order valence-corrected chi connectivity index (χ1v) is 2.47. The molecule has 0 aliphatic heterocycles. The Labute approximate surface area is 53.5 Å². The largest absolute Gasteiger partial charge is 0.301 e. The van der Waals surface area contributed by atoms with Gasteiger partial charge in [0, 0.05) is 21.1 Å². The van der Waals surface area contributed by atoms with Crippen LogP contribution in [-0.2, 0) is 4.79 Å². The standard InChI is InChI=1S/C2H3BrN2O3/c3-4-2(6)1-5(7)8/h1H2,(H,4,6). The number of nitrogens with zero attached hydrogens (tertiary/aromatic N) is 1. The Morgan fingerprint density at radius 1 is 1.88 bits per heavy atom. The van der Waals surface area contributed by atoms with E-state index >= 15 is 0 Å². The van der Waals surface area contributed by atoms with Crippen molar-refractivity contribution >= 4 is 22.1 Å². The van der Waals surface area contributed by atoms with Crippen LogP contribution in [0.25, 0.3) is 0 Å². The van der Waals surface area contributed by atoms with E-state index in [1.165, 1.54) is 0 Å². The lowest BCUT2D eigenvalue weighted by atomic mass is 10.7. The highest BCUT2D eigenvalue weighted by atomic mass is 79.9. The lowest BCUT2D eigenvalue weighted by molar-refractivity contribution is -0.467. The molecule has 0 bridgehead atoms. The molecular formula is C2H3BrN2O3. The summed E-state index contributed by atoms with van der Waals surface area (Å²) in [4.78, 5) is 18.8. The molecule has 0 aromatic rings. The van der Waals surface area contributed by atoms with E-state index < -0.39 is 17.4 Å². The van der Waals surface area contributed by atoms with Crippen LogP contribution in [0.15, 0.2) is 0 Å². The minimum absolute atomic E-state index is 0.657. The number of halogens is 1. The molecule has 0 aliphatic rings. The van der Waals surface area contributed by atoms with Crippen molar-refractivity contribution in [2.24, 2.45) is 0 Å². The van der Waals surface area contributed by atoms with Gasteiger partial charge in [0.05, 0.1) is 0 Å². The molecule has 8 heavy (non-hydrogen) atoms. The van der Waals surface area contributed by atoms with Crippen LogP contribution in [0.5, 0.6) is 0 Å². The summed E-state index contributed by atoms with van der Waals surface area (Å²) in [5.41, 5.74) is 0. The van der Waals surface area contributed by atoms with Crippen molar-refractivity contribution in [3.8, 4) is 0 Å². The van der Waals surface area contributed by atoms with Crippen LogP contribution in [-0.4, -0.2) is 17.4 Å². The van der Waals surface area contributed by atoms with E-state index in [-0.39, 0.29) is 0 Å². The van der Waals surface area contributed by atoms with Gasteiger partial charge in [-0.25, -0.2) is 0 Å². The summed E-state index contributed by atoms with van der Waals surface area (Å²) in [5, 5.41) is 9.49. The smallest absolute Gasteiger partial charge is 0.287 e. The summed E-state index contributed by atoms with van der Waals surface area (Å²) >= 11 is 2.54. The van der Waals surface area contributed by atoms with Crippen molar-refractivity contribution < 1.29 is 9.72 Å². The van der Waals surface area contributed by atoms with Crippen molar-refractivity contribution in [3.63, 3.8) is 0 Å². The van der Waals surface area contributed by atoms with Crippen molar-refractivity contribution in [1.29, 1.82) is 0 Å². The molecular weight excluding hydrogens is 180 g/mol. The minimum Gasteiger partial charge on any atom is -0.287 e. The van der Waals surface area contributed by atoms with Gasteiger partial charge in [-0.2, -0.15) is 0 Å². The van der Waals surface area contributed by atoms with Crippen LogP contribution < -0.4 is 4.34 Å². The minimum atomic E-state index is -0.712. The van der Waals surface area contributed by atoms with Gasteiger partial charge >= 0.3 is 5.91 Å². The van der Waals surface area contributed by atoms with Crippen LogP contribution in [0.1, 0.15) is 0 Å². The number of hydrogen-bond donors (Lipinski definition) is 1. The number of nitro groups is 1. The number of hydrogen-bond acceptors (Lipinski definition) is 3. The molecule has 0 heterocycles. The van der Waals surface area contributed by atoms with Crippen molar-refractivity contribution in [2.75, 3.05) is 6.54 Å². The van der Waals surface area contributed by atoms with Gasteiger partial charge in [0.1, 0.15) is 0 Å². The van der Waals surface area contributed by atoms with Crippen molar-refractivity contribution in [2.45, 2.75) is 0 Å². The van der Waals surface area contributed by atoms with E-state index in [4.69, 9.17) is 0 Å². The number of rotatable bonds is 2. The third-order valence-corrected chi connectivity index (χ3v) is 0.820. The Bertz CT molecular complexity index is 114. The summed E-state index contributed by atoms with van der Waals surface area (Å²) in [6.07, 6.45) is 0. The molecule has 0 aromatic heterocycles. The average molecular weight is 183 g/mol. The zero-order valence-corrected chi connectivity index (χ0v) is 5.34. The Balaban J connectivity index is 3.40. The molecule has 0 saturated heterocycles. The topological polar surface area (TPSA) is 72.2 Å². The normalized spacial score (nSPS) is 8.12. The van der Waals surface area contributed by atoms with Crippen LogP contribution in [0.3, 0.4) is 0 Å². The van der Waals surface area contributed by atoms with E-state index in [1.54, 1.807) is 0 Å². The molecule has 0 rings (SSSR count). The van der Waals surface area contributed by atoms with Gasteiger partial charge in [-0.15, -0.1) is 0 Å². The fourth-order valence-corrected chi connectivity index (χ4v) is 0.273. The van der Waals surface area contributed by atoms with Gasteiger partial charge < -0.3 is 0 Å². The van der Waals surface area contributed by atoms with E-state index in [1.807, 2.05) is 4.34 Å². The molecule has 0 aliphatic carbocycles. The van der Waals surface area contributed by atoms with Crippen LogP contribution in [0.2, 0.25) is 0 Å². The predicted octanol–water partition coefficient (Wildman–Crippen LogP) is -0.311. The van der Waals surface area contributed by atoms with E-state index in [0.29, 0.717) is 0 Å².